The zero-order chi connectivity index (χ0) is 15.4. The highest BCUT2D eigenvalue weighted by molar-refractivity contribution is 5.84. The molecule has 1 aromatic carbocycles. The van der Waals surface area contributed by atoms with Gasteiger partial charge in [0, 0.05) is 24.6 Å². The quantitative estimate of drug-likeness (QED) is 0.750. The predicted molar refractivity (Wildman–Crippen MR) is 81.3 cm³/mol. The number of aliphatic carboxylic acids is 1. The van der Waals surface area contributed by atoms with Gasteiger partial charge in [-0.05, 0) is 24.0 Å². The van der Waals surface area contributed by atoms with Crippen LogP contribution in [0, 0.1) is 5.92 Å². The number of carboxylic acid groups (broad SMARTS) is 1. The van der Waals surface area contributed by atoms with Crippen molar-refractivity contribution in [2.75, 3.05) is 11.9 Å². The molecule has 114 valence electrons. The fourth-order valence-corrected chi connectivity index (χ4v) is 2.71. The first-order valence-corrected chi connectivity index (χ1v) is 7.32. The largest absolute Gasteiger partial charge is 0.480 e. The summed E-state index contributed by atoms with van der Waals surface area (Å²) in [5.41, 5.74) is 2.19. The molecule has 1 aliphatic heterocycles. The van der Waals surface area contributed by atoms with Crippen LogP contribution < -0.4 is 10.6 Å². The Morgan fingerprint density at radius 1 is 1.38 bits per heavy atom. The smallest absolute Gasteiger partial charge is 0.326 e. The molecule has 0 saturated heterocycles. The molecule has 1 aromatic rings. The first-order chi connectivity index (χ1) is 9.97. The van der Waals surface area contributed by atoms with Gasteiger partial charge in [0.1, 0.15) is 6.04 Å². The van der Waals surface area contributed by atoms with Crippen LogP contribution in [0.3, 0.4) is 0 Å². The highest BCUT2D eigenvalue weighted by atomic mass is 16.4. The molecule has 2 atom stereocenters. The Hall–Kier alpha value is -2.04. The number of benzene rings is 1. The Balaban J connectivity index is 1.94. The summed E-state index contributed by atoms with van der Waals surface area (Å²) >= 11 is 0. The number of carbonyl (C=O) groups is 2. The van der Waals surface area contributed by atoms with Gasteiger partial charge in [0.2, 0.25) is 5.91 Å². The molecule has 0 aliphatic carbocycles. The van der Waals surface area contributed by atoms with E-state index in [0.29, 0.717) is 19.4 Å². The summed E-state index contributed by atoms with van der Waals surface area (Å²) in [5.74, 6) is -0.844. The van der Waals surface area contributed by atoms with Crippen molar-refractivity contribution in [3.63, 3.8) is 0 Å². The van der Waals surface area contributed by atoms with Crippen molar-refractivity contribution in [3.8, 4) is 0 Å². The second kappa shape index (κ2) is 6.61. The van der Waals surface area contributed by atoms with E-state index in [4.69, 9.17) is 5.11 Å². The molecule has 21 heavy (non-hydrogen) atoms. The summed E-state index contributed by atoms with van der Waals surface area (Å²) < 4.78 is 0. The molecule has 0 spiro atoms. The van der Waals surface area contributed by atoms with Crippen LogP contribution in [0.2, 0.25) is 0 Å². The summed E-state index contributed by atoms with van der Waals surface area (Å²) in [4.78, 5) is 23.3. The lowest BCUT2D eigenvalue weighted by molar-refractivity contribution is -0.142. The van der Waals surface area contributed by atoms with Crippen LogP contribution in [-0.4, -0.2) is 29.6 Å². The first kappa shape index (κ1) is 15.4. The van der Waals surface area contributed by atoms with Gasteiger partial charge in [-0.25, -0.2) is 4.79 Å². The topological polar surface area (TPSA) is 78.4 Å². The van der Waals surface area contributed by atoms with Gasteiger partial charge < -0.3 is 15.7 Å². The molecule has 1 aliphatic rings. The van der Waals surface area contributed by atoms with Crippen molar-refractivity contribution < 1.29 is 14.7 Å². The van der Waals surface area contributed by atoms with Crippen molar-refractivity contribution in [1.29, 1.82) is 0 Å². The number of fused-ring (bicyclic) bond motifs is 1. The van der Waals surface area contributed by atoms with Gasteiger partial charge in [-0.1, -0.05) is 32.0 Å². The minimum Gasteiger partial charge on any atom is -0.480 e. The zero-order valence-corrected chi connectivity index (χ0v) is 12.4. The molecule has 1 heterocycles. The standard InChI is InChI=1S/C16H22N2O3/c1-10(2)7-14(16(20)21)18-15(19)8-11-9-17-13-6-4-3-5-12(11)13/h3-6,10-11,14,17H,7-9H2,1-2H3,(H,18,19)(H,20,21)/t11?,14-/m1/s1. The van der Waals surface area contributed by atoms with E-state index >= 15 is 0 Å². The average Bonchev–Trinajstić information content (AvgIpc) is 2.81. The van der Waals surface area contributed by atoms with Gasteiger partial charge in [0.15, 0.2) is 0 Å². The number of amides is 1. The number of rotatable bonds is 6. The van der Waals surface area contributed by atoms with E-state index in [1.807, 2.05) is 38.1 Å². The van der Waals surface area contributed by atoms with Crippen molar-refractivity contribution in [3.05, 3.63) is 29.8 Å². The molecule has 0 saturated carbocycles. The summed E-state index contributed by atoms with van der Waals surface area (Å²) in [6.07, 6.45) is 0.756. The molecule has 1 amide bonds. The summed E-state index contributed by atoms with van der Waals surface area (Å²) in [6.45, 7) is 4.60. The van der Waals surface area contributed by atoms with E-state index in [-0.39, 0.29) is 17.7 Å². The maximum atomic E-state index is 12.1. The molecule has 5 nitrogen and oxygen atoms in total. The highest BCUT2D eigenvalue weighted by Gasteiger charge is 2.26. The SMILES string of the molecule is CC(C)C[C@@H](NC(=O)CC1CNc2ccccc21)C(=O)O. The van der Waals surface area contributed by atoms with Crippen LogP contribution in [-0.2, 0) is 9.59 Å². The molecule has 5 heteroatoms. The number of carbonyl (C=O) groups excluding carboxylic acids is 1. The Morgan fingerprint density at radius 3 is 2.76 bits per heavy atom. The van der Waals surface area contributed by atoms with E-state index in [2.05, 4.69) is 10.6 Å². The Kier molecular flexibility index (Phi) is 4.83. The third-order valence-corrected chi connectivity index (χ3v) is 3.71. The lowest BCUT2D eigenvalue weighted by atomic mass is 9.97. The van der Waals surface area contributed by atoms with E-state index in [1.165, 1.54) is 0 Å². The fourth-order valence-electron chi connectivity index (χ4n) is 2.71. The molecule has 3 N–H and O–H groups in total. The molecule has 1 unspecified atom stereocenters. The third kappa shape index (κ3) is 3.97. The van der Waals surface area contributed by atoms with Gasteiger partial charge in [-0.15, -0.1) is 0 Å². The van der Waals surface area contributed by atoms with Crippen LogP contribution in [0.5, 0.6) is 0 Å². The van der Waals surface area contributed by atoms with E-state index in [1.54, 1.807) is 0 Å². The molecular weight excluding hydrogens is 268 g/mol. The number of nitrogens with one attached hydrogen (secondary N) is 2. The zero-order valence-electron chi connectivity index (χ0n) is 12.4. The molecular formula is C16H22N2O3. The molecule has 0 fully saturated rings. The number of para-hydroxylation sites is 1. The van der Waals surface area contributed by atoms with Crippen LogP contribution in [0.15, 0.2) is 24.3 Å². The molecule has 2 rings (SSSR count). The maximum absolute atomic E-state index is 12.1. The minimum atomic E-state index is -0.970. The van der Waals surface area contributed by atoms with Crippen LogP contribution in [0.25, 0.3) is 0 Å². The second-order valence-corrected chi connectivity index (χ2v) is 5.96. The second-order valence-electron chi connectivity index (χ2n) is 5.96. The number of hydrogen-bond donors (Lipinski definition) is 3. The number of carboxylic acids is 1. The maximum Gasteiger partial charge on any atom is 0.326 e. The average molecular weight is 290 g/mol. The fraction of sp³-hybridized carbons (Fsp3) is 0.500. The van der Waals surface area contributed by atoms with E-state index < -0.39 is 12.0 Å². The monoisotopic (exact) mass is 290 g/mol. The van der Waals surface area contributed by atoms with Gasteiger partial charge in [0.25, 0.3) is 0 Å². The van der Waals surface area contributed by atoms with Gasteiger partial charge >= 0.3 is 5.97 Å². The van der Waals surface area contributed by atoms with Gasteiger partial charge in [-0.3, -0.25) is 4.79 Å². The predicted octanol–water partition coefficient (Wildman–Crippen LogP) is 2.20. The van der Waals surface area contributed by atoms with Gasteiger partial charge in [0.05, 0.1) is 0 Å². The lowest BCUT2D eigenvalue weighted by Gasteiger charge is -2.18. The Bertz CT molecular complexity index is 528. The van der Waals surface area contributed by atoms with Crippen molar-refractivity contribution >= 4 is 17.6 Å². The van der Waals surface area contributed by atoms with E-state index in [0.717, 1.165) is 11.3 Å². The number of anilines is 1. The minimum absolute atomic E-state index is 0.106. The molecule has 0 aromatic heterocycles. The summed E-state index contributed by atoms with van der Waals surface area (Å²) in [5, 5.41) is 15.1. The first-order valence-electron chi connectivity index (χ1n) is 7.32. The number of hydrogen-bond acceptors (Lipinski definition) is 3. The Morgan fingerprint density at radius 2 is 2.10 bits per heavy atom. The van der Waals surface area contributed by atoms with E-state index in [9.17, 15) is 9.59 Å². The van der Waals surface area contributed by atoms with Crippen molar-refractivity contribution in [2.24, 2.45) is 5.92 Å². The van der Waals surface area contributed by atoms with Crippen LogP contribution >= 0.6 is 0 Å². The lowest BCUT2D eigenvalue weighted by Crippen LogP contribution is -2.42. The Labute approximate surface area is 124 Å². The highest BCUT2D eigenvalue weighted by Crippen LogP contribution is 2.33. The van der Waals surface area contributed by atoms with Crippen molar-refractivity contribution in [1.82, 2.24) is 5.32 Å². The third-order valence-electron chi connectivity index (χ3n) is 3.71. The molecule has 0 bridgehead atoms. The van der Waals surface area contributed by atoms with Crippen LogP contribution in [0.4, 0.5) is 5.69 Å². The molecule has 0 radical (unpaired) electrons. The normalized spacial score (nSPS) is 18.0. The summed E-state index contributed by atoms with van der Waals surface area (Å²) in [6, 6.07) is 7.11. The van der Waals surface area contributed by atoms with Crippen molar-refractivity contribution in [2.45, 2.75) is 38.6 Å². The van der Waals surface area contributed by atoms with Crippen LogP contribution in [0.1, 0.15) is 38.2 Å². The summed E-state index contributed by atoms with van der Waals surface area (Å²) in [7, 11) is 0. The van der Waals surface area contributed by atoms with Gasteiger partial charge in [-0.2, -0.15) is 0 Å².